The Morgan fingerprint density at radius 3 is 2.82 bits per heavy atom. The van der Waals surface area contributed by atoms with Crippen molar-refractivity contribution in [2.45, 2.75) is 19.0 Å². The smallest absolute Gasteiger partial charge is 0.254 e. The Labute approximate surface area is 142 Å². The summed E-state index contributed by atoms with van der Waals surface area (Å²) in [5, 5.41) is 6.25. The van der Waals surface area contributed by atoms with Crippen molar-refractivity contribution in [3.63, 3.8) is 0 Å². The number of carbonyl (C=O) groups is 1. The van der Waals surface area contributed by atoms with Crippen LogP contribution in [0.2, 0.25) is 0 Å². The Morgan fingerprint density at radius 2 is 2.14 bits per heavy atom. The number of amides is 1. The van der Waals surface area contributed by atoms with E-state index in [1.54, 1.807) is 6.26 Å². The molecule has 6 nitrogen and oxygen atoms in total. The Bertz CT molecular complexity index is 458. The van der Waals surface area contributed by atoms with Gasteiger partial charge in [0.15, 0.2) is 0 Å². The van der Waals surface area contributed by atoms with Crippen LogP contribution >= 0.6 is 24.8 Å². The highest BCUT2D eigenvalue weighted by atomic mass is 35.5. The molecule has 22 heavy (non-hydrogen) atoms. The summed E-state index contributed by atoms with van der Waals surface area (Å²) in [7, 11) is 0. The van der Waals surface area contributed by atoms with Crippen LogP contribution < -0.4 is 10.6 Å². The fourth-order valence-corrected chi connectivity index (χ4v) is 2.61. The topological polar surface area (TPSA) is 66.7 Å². The van der Waals surface area contributed by atoms with Gasteiger partial charge in [0.1, 0.15) is 12.0 Å². The van der Waals surface area contributed by atoms with E-state index < -0.39 is 0 Å². The second-order valence-corrected chi connectivity index (χ2v) is 5.35. The number of nitrogens with one attached hydrogen (secondary N) is 2. The lowest BCUT2D eigenvalue weighted by atomic mass is 10.2. The molecule has 0 saturated carbocycles. The summed E-state index contributed by atoms with van der Waals surface area (Å²) in [6.07, 6.45) is 2.54. The van der Waals surface area contributed by atoms with Gasteiger partial charge >= 0.3 is 0 Å². The first-order valence-electron chi connectivity index (χ1n) is 7.20. The first-order chi connectivity index (χ1) is 9.81. The van der Waals surface area contributed by atoms with Crippen molar-refractivity contribution in [3.05, 3.63) is 23.7 Å². The summed E-state index contributed by atoms with van der Waals surface area (Å²) >= 11 is 0. The van der Waals surface area contributed by atoms with E-state index in [2.05, 4.69) is 15.5 Å². The van der Waals surface area contributed by atoms with Crippen LogP contribution in [0, 0.1) is 0 Å². The highest BCUT2D eigenvalue weighted by molar-refractivity contribution is 5.94. The Kier molecular flexibility index (Phi) is 8.20. The van der Waals surface area contributed by atoms with Gasteiger partial charge in [0.2, 0.25) is 0 Å². The SMILES string of the molecule is Cl.Cl.O=C(N[C@@H]1CCNC1)c1coc(CN2CCOCC2)c1. The van der Waals surface area contributed by atoms with Gasteiger partial charge in [0, 0.05) is 25.7 Å². The molecule has 1 aromatic rings. The van der Waals surface area contributed by atoms with Crippen molar-refractivity contribution >= 4 is 30.7 Å². The Morgan fingerprint density at radius 1 is 1.36 bits per heavy atom. The molecule has 126 valence electrons. The first-order valence-corrected chi connectivity index (χ1v) is 7.20. The minimum atomic E-state index is -0.0457. The molecule has 3 rings (SSSR count). The Hall–Kier alpha value is -0.790. The third-order valence-corrected chi connectivity index (χ3v) is 3.79. The van der Waals surface area contributed by atoms with Crippen LogP contribution in [0.25, 0.3) is 0 Å². The Balaban J connectivity index is 0.00000121. The molecule has 2 N–H and O–H groups in total. The molecule has 2 fully saturated rings. The minimum absolute atomic E-state index is 0. The van der Waals surface area contributed by atoms with Gasteiger partial charge < -0.3 is 19.8 Å². The number of morpholine rings is 1. The zero-order chi connectivity index (χ0) is 13.8. The van der Waals surface area contributed by atoms with Crippen LogP contribution in [0.15, 0.2) is 16.7 Å². The third-order valence-electron chi connectivity index (χ3n) is 3.79. The van der Waals surface area contributed by atoms with E-state index in [1.165, 1.54) is 0 Å². The predicted octanol–water partition coefficient (Wildman–Crippen LogP) is 1.05. The van der Waals surface area contributed by atoms with E-state index >= 15 is 0 Å². The molecule has 1 atom stereocenters. The fraction of sp³-hybridized carbons (Fsp3) is 0.643. The largest absolute Gasteiger partial charge is 0.467 e. The number of nitrogens with zero attached hydrogens (tertiary/aromatic N) is 1. The average molecular weight is 352 g/mol. The molecule has 0 unspecified atom stereocenters. The third kappa shape index (κ3) is 5.14. The zero-order valence-electron chi connectivity index (χ0n) is 12.4. The lowest BCUT2D eigenvalue weighted by Crippen LogP contribution is -2.36. The molecular weight excluding hydrogens is 329 g/mol. The highest BCUT2D eigenvalue weighted by Gasteiger charge is 2.19. The van der Waals surface area contributed by atoms with Gasteiger partial charge in [0.25, 0.3) is 5.91 Å². The summed E-state index contributed by atoms with van der Waals surface area (Å²) in [6.45, 7) is 5.92. The van der Waals surface area contributed by atoms with Crippen molar-refractivity contribution in [2.75, 3.05) is 39.4 Å². The molecule has 8 heteroatoms. The number of carbonyl (C=O) groups excluding carboxylic acids is 1. The van der Waals surface area contributed by atoms with E-state index in [-0.39, 0.29) is 36.8 Å². The molecule has 2 aliphatic rings. The second kappa shape index (κ2) is 9.37. The van der Waals surface area contributed by atoms with E-state index in [0.29, 0.717) is 5.56 Å². The monoisotopic (exact) mass is 351 g/mol. The van der Waals surface area contributed by atoms with Crippen molar-refractivity contribution < 1.29 is 13.9 Å². The van der Waals surface area contributed by atoms with Gasteiger partial charge in [-0.3, -0.25) is 9.69 Å². The average Bonchev–Trinajstić information content (AvgIpc) is 3.11. The van der Waals surface area contributed by atoms with Gasteiger partial charge in [0.05, 0.1) is 25.3 Å². The summed E-state index contributed by atoms with van der Waals surface area (Å²) in [5.74, 6) is 0.789. The van der Waals surface area contributed by atoms with Gasteiger partial charge in [-0.2, -0.15) is 0 Å². The fourth-order valence-electron chi connectivity index (χ4n) is 2.61. The van der Waals surface area contributed by atoms with Crippen LogP contribution in [0.5, 0.6) is 0 Å². The van der Waals surface area contributed by atoms with E-state index in [9.17, 15) is 4.79 Å². The maximum Gasteiger partial charge on any atom is 0.254 e. The van der Waals surface area contributed by atoms with Crippen LogP contribution in [-0.2, 0) is 11.3 Å². The summed E-state index contributed by atoms with van der Waals surface area (Å²) in [6, 6.07) is 2.08. The highest BCUT2D eigenvalue weighted by Crippen LogP contribution is 2.12. The van der Waals surface area contributed by atoms with Crippen molar-refractivity contribution in [1.82, 2.24) is 15.5 Å². The van der Waals surface area contributed by atoms with Crippen molar-refractivity contribution in [3.8, 4) is 0 Å². The molecule has 0 radical (unpaired) electrons. The number of ether oxygens (including phenoxy) is 1. The summed E-state index contributed by atoms with van der Waals surface area (Å²) < 4.78 is 10.8. The summed E-state index contributed by atoms with van der Waals surface area (Å²) in [4.78, 5) is 14.3. The molecule has 2 aliphatic heterocycles. The van der Waals surface area contributed by atoms with Gasteiger partial charge in [-0.25, -0.2) is 0 Å². The molecule has 0 spiro atoms. The van der Waals surface area contributed by atoms with Crippen LogP contribution in [0.3, 0.4) is 0 Å². The van der Waals surface area contributed by atoms with Gasteiger partial charge in [-0.05, 0) is 19.0 Å². The van der Waals surface area contributed by atoms with E-state index in [4.69, 9.17) is 9.15 Å². The number of hydrogen-bond donors (Lipinski definition) is 2. The normalized spacial score (nSPS) is 21.7. The molecule has 2 saturated heterocycles. The van der Waals surface area contributed by atoms with Crippen LogP contribution in [-0.4, -0.2) is 56.2 Å². The summed E-state index contributed by atoms with van der Waals surface area (Å²) in [5.41, 5.74) is 0.611. The van der Waals surface area contributed by atoms with Crippen molar-refractivity contribution in [2.24, 2.45) is 0 Å². The van der Waals surface area contributed by atoms with Crippen molar-refractivity contribution in [1.29, 1.82) is 0 Å². The number of hydrogen-bond acceptors (Lipinski definition) is 5. The quantitative estimate of drug-likeness (QED) is 0.848. The standard InChI is InChI=1S/C14H21N3O3.2ClH/c18-14(16-12-1-2-15-8-12)11-7-13(20-10-11)9-17-3-5-19-6-4-17;;/h7,10,12,15H,1-6,8-9H2,(H,16,18);2*1H/t12-;;/m1../s1. The van der Waals surface area contributed by atoms with Gasteiger partial charge in [-0.15, -0.1) is 24.8 Å². The number of furan rings is 1. The predicted molar refractivity (Wildman–Crippen MR) is 88.0 cm³/mol. The molecule has 0 aliphatic carbocycles. The first kappa shape index (κ1) is 19.3. The van der Waals surface area contributed by atoms with Gasteiger partial charge in [-0.1, -0.05) is 0 Å². The molecule has 1 aromatic heterocycles. The zero-order valence-corrected chi connectivity index (χ0v) is 14.0. The van der Waals surface area contributed by atoms with Crippen LogP contribution in [0.4, 0.5) is 0 Å². The lowest BCUT2D eigenvalue weighted by molar-refractivity contribution is 0.0313. The van der Waals surface area contributed by atoms with Crippen LogP contribution in [0.1, 0.15) is 22.5 Å². The van der Waals surface area contributed by atoms with E-state index in [0.717, 1.165) is 58.1 Å². The molecule has 0 aromatic carbocycles. The maximum atomic E-state index is 12.1. The van der Waals surface area contributed by atoms with E-state index in [1.807, 2.05) is 6.07 Å². The number of rotatable bonds is 4. The number of halogens is 2. The molecule has 1 amide bonds. The molecule has 3 heterocycles. The minimum Gasteiger partial charge on any atom is -0.467 e. The second-order valence-electron chi connectivity index (χ2n) is 5.35. The maximum absolute atomic E-state index is 12.1. The molecule has 0 bridgehead atoms. The molecular formula is C14H23Cl2N3O3. The lowest BCUT2D eigenvalue weighted by Gasteiger charge is -2.25.